The molecule has 0 aliphatic rings. The molecule has 0 bridgehead atoms. The molecule has 0 unspecified atom stereocenters. The van der Waals surface area contributed by atoms with Gasteiger partial charge in [-0.15, -0.1) is 0 Å². The molecule has 0 amide bonds. The van der Waals surface area contributed by atoms with Crippen LogP contribution in [0.5, 0.6) is 0 Å². The van der Waals surface area contributed by atoms with Crippen molar-refractivity contribution in [1.82, 2.24) is 0 Å². The van der Waals surface area contributed by atoms with Crippen molar-refractivity contribution in [2.75, 3.05) is 0 Å². The molecule has 0 atom stereocenters. The minimum atomic E-state index is 0.0808. The molecule has 2 rings (SSSR count). The Labute approximate surface area is 142 Å². The second-order valence-electron chi connectivity index (χ2n) is 6.79. The maximum Gasteiger partial charge on any atom is 0.123 e. The van der Waals surface area contributed by atoms with E-state index in [9.17, 15) is 0 Å². The summed E-state index contributed by atoms with van der Waals surface area (Å²) in [5.74, 6) is 0. The van der Waals surface area contributed by atoms with Crippen molar-refractivity contribution in [3.05, 3.63) is 58.1 Å². The molecule has 0 nitrogen and oxygen atoms in total. The van der Waals surface area contributed by atoms with Crippen molar-refractivity contribution in [2.45, 2.75) is 52.9 Å². The van der Waals surface area contributed by atoms with Gasteiger partial charge in [0.15, 0.2) is 0 Å². The lowest BCUT2D eigenvalue weighted by atomic mass is 9.87. The van der Waals surface area contributed by atoms with Crippen molar-refractivity contribution in [3.63, 3.8) is 0 Å². The molecular weight excluding hydrogens is 304 g/mol. The van der Waals surface area contributed by atoms with Crippen LogP contribution in [0, 0.1) is 0 Å². The highest BCUT2D eigenvalue weighted by molar-refractivity contribution is 6.70. The van der Waals surface area contributed by atoms with Crippen molar-refractivity contribution in [2.24, 2.45) is 0 Å². The van der Waals surface area contributed by atoms with E-state index >= 15 is 0 Å². The first-order valence-corrected chi connectivity index (χ1v) is 9.41. The number of benzene rings is 2. The Balaban J connectivity index is 2.39. The van der Waals surface area contributed by atoms with Crippen LogP contribution in [0.4, 0.5) is 0 Å². The molecule has 0 aliphatic heterocycles. The molecule has 0 N–H and O–H groups in total. The van der Waals surface area contributed by atoms with Crippen LogP contribution in [-0.4, -0.2) is 9.52 Å². The Morgan fingerprint density at radius 3 is 2.05 bits per heavy atom. The normalized spacial score (nSPS) is 11.7. The average molecular weight is 329 g/mol. The van der Waals surface area contributed by atoms with E-state index in [0.29, 0.717) is 9.52 Å². The van der Waals surface area contributed by atoms with Gasteiger partial charge in [0.25, 0.3) is 0 Å². The first kappa shape index (κ1) is 17.3. The maximum absolute atomic E-state index is 6.70. The predicted molar refractivity (Wildman–Crippen MR) is 100 cm³/mol. The summed E-state index contributed by atoms with van der Waals surface area (Å²) >= 11 is 6.70. The van der Waals surface area contributed by atoms with Gasteiger partial charge < -0.3 is 0 Å². The molecule has 22 heavy (non-hydrogen) atoms. The topological polar surface area (TPSA) is 0 Å². The molecule has 2 aromatic carbocycles. The molecular formula is C20H25ClSi. The zero-order valence-electron chi connectivity index (χ0n) is 14.3. The van der Waals surface area contributed by atoms with Crippen LogP contribution < -0.4 is 10.4 Å². The summed E-state index contributed by atoms with van der Waals surface area (Å²) in [4.78, 5) is 0. The van der Waals surface area contributed by atoms with E-state index in [2.05, 4.69) is 71.0 Å². The molecule has 0 saturated heterocycles. The van der Waals surface area contributed by atoms with Gasteiger partial charge in [0.1, 0.15) is 9.52 Å². The number of hydrogen-bond donors (Lipinski definition) is 0. The monoisotopic (exact) mass is 328 g/mol. The largest absolute Gasteiger partial charge is 0.123 e. The maximum atomic E-state index is 6.70. The van der Waals surface area contributed by atoms with Gasteiger partial charge in [-0.1, -0.05) is 87.8 Å². The van der Waals surface area contributed by atoms with Gasteiger partial charge >= 0.3 is 0 Å². The van der Waals surface area contributed by atoms with Crippen LogP contribution in [-0.2, 0) is 18.3 Å². The van der Waals surface area contributed by atoms with Crippen molar-refractivity contribution >= 4 is 31.5 Å². The minimum absolute atomic E-state index is 0.0808. The summed E-state index contributed by atoms with van der Waals surface area (Å²) in [5.41, 5.74) is 4.16. The molecule has 0 aliphatic carbocycles. The van der Waals surface area contributed by atoms with Crippen LogP contribution in [0.2, 0.25) is 5.02 Å². The van der Waals surface area contributed by atoms with E-state index in [0.717, 1.165) is 17.9 Å². The zero-order valence-corrected chi connectivity index (χ0v) is 16.0. The van der Waals surface area contributed by atoms with E-state index in [1.807, 2.05) is 0 Å². The van der Waals surface area contributed by atoms with Crippen LogP contribution in [0.25, 0.3) is 0 Å². The van der Waals surface area contributed by atoms with Gasteiger partial charge in [-0.05, 0) is 40.1 Å². The Bertz CT molecular complexity index is 631. The Hall–Kier alpha value is -1.05. The van der Waals surface area contributed by atoms with E-state index in [1.165, 1.54) is 27.1 Å². The Morgan fingerprint density at radius 2 is 1.55 bits per heavy atom. The third-order valence-electron chi connectivity index (χ3n) is 3.95. The molecule has 2 heteroatoms. The van der Waals surface area contributed by atoms with Crippen molar-refractivity contribution in [3.8, 4) is 0 Å². The highest BCUT2D eigenvalue weighted by Gasteiger charge is 2.19. The van der Waals surface area contributed by atoms with E-state index in [-0.39, 0.29) is 5.41 Å². The summed E-state index contributed by atoms with van der Waals surface area (Å²) in [6, 6.07) is 13.4. The van der Waals surface area contributed by atoms with Gasteiger partial charge in [-0.25, -0.2) is 0 Å². The summed E-state index contributed by atoms with van der Waals surface area (Å²) in [6.45, 7) is 11.1. The molecule has 0 aromatic heterocycles. The van der Waals surface area contributed by atoms with E-state index in [1.54, 1.807) is 0 Å². The van der Waals surface area contributed by atoms with Gasteiger partial charge in [0, 0.05) is 5.02 Å². The highest BCUT2D eigenvalue weighted by Crippen LogP contribution is 2.27. The second-order valence-corrected chi connectivity index (χ2v) is 8.53. The molecule has 0 fully saturated rings. The summed E-state index contributed by atoms with van der Waals surface area (Å²) < 4.78 is 0. The molecule has 0 saturated carbocycles. The SMILES string of the molecule is CCc1cc(CC)cc([Si]c2cccc(C(C)(C)C)c2Cl)c1. The lowest BCUT2D eigenvalue weighted by Crippen LogP contribution is -2.30. The van der Waals surface area contributed by atoms with Gasteiger partial charge in [0.05, 0.1) is 0 Å². The smallest absolute Gasteiger partial charge is 0.0842 e. The quantitative estimate of drug-likeness (QED) is 0.729. The van der Waals surface area contributed by atoms with Crippen molar-refractivity contribution in [1.29, 1.82) is 0 Å². The van der Waals surface area contributed by atoms with Gasteiger partial charge in [-0.3, -0.25) is 0 Å². The predicted octanol–water partition coefficient (Wildman–Crippen LogP) is 4.42. The number of aryl methyl sites for hydroxylation is 2. The van der Waals surface area contributed by atoms with Crippen LogP contribution in [0.1, 0.15) is 51.3 Å². The van der Waals surface area contributed by atoms with Crippen LogP contribution >= 0.6 is 11.6 Å². The number of hydrogen-bond acceptors (Lipinski definition) is 0. The zero-order chi connectivity index (χ0) is 16.3. The van der Waals surface area contributed by atoms with E-state index in [4.69, 9.17) is 11.6 Å². The minimum Gasteiger partial charge on any atom is -0.0842 e. The fourth-order valence-electron chi connectivity index (χ4n) is 2.61. The molecule has 2 aromatic rings. The third-order valence-corrected chi connectivity index (χ3v) is 5.78. The average Bonchev–Trinajstić information content (AvgIpc) is 2.47. The molecule has 116 valence electrons. The van der Waals surface area contributed by atoms with Gasteiger partial charge in [0.2, 0.25) is 0 Å². The molecule has 2 radical (unpaired) electrons. The first-order chi connectivity index (χ1) is 10.3. The third kappa shape index (κ3) is 4.02. The molecule has 0 spiro atoms. The van der Waals surface area contributed by atoms with Crippen LogP contribution in [0.3, 0.4) is 0 Å². The highest BCUT2D eigenvalue weighted by atomic mass is 35.5. The standard InChI is InChI=1S/C20H25ClSi/c1-6-14-11-15(7-2)13-16(12-14)22-18-10-8-9-17(19(18)21)20(3,4)5/h8-13H,6-7H2,1-5H3. The fourth-order valence-corrected chi connectivity index (χ4v) is 4.41. The summed E-state index contributed by atoms with van der Waals surface area (Å²) in [7, 11) is 0.618. The number of rotatable bonds is 4. The fraction of sp³-hybridized carbons (Fsp3) is 0.400. The van der Waals surface area contributed by atoms with Gasteiger partial charge in [-0.2, -0.15) is 0 Å². The Kier molecular flexibility index (Phi) is 5.52. The summed E-state index contributed by atoms with van der Waals surface area (Å²) in [6.07, 6.45) is 2.17. The summed E-state index contributed by atoms with van der Waals surface area (Å²) in [5, 5.41) is 3.59. The van der Waals surface area contributed by atoms with Crippen molar-refractivity contribution < 1.29 is 0 Å². The lowest BCUT2D eigenvalue weighted by Gasteiger charge is -2.22. The second kappa shape index (κ2) is 7.02. The lowest BCUT2D eigenvalue weighted by molar-refractivity contribution is 0.591. The molecule has 0 heterocycles. The van der Waals surface area contributed by atoms with E-state index < -0.39 is 0 Å². The van der Waals surface area contributed by atoms with Crippen LogP contribution in [0.15, 0.2) is 36.4 Å². The number of halogens is 1. The Morgan fingerprint density at radius 1 is 0.955 bits per heavy atom. The first-order valence-electron chi connectivity index (χ1n) is 8.04.